The Morgan fingerprint density at radius 3 is 2.74 bits per heavy atom. The number of piperidine rings is 1. The predicted molar refractivity (Wildman–Crippen MR) is 166 cm³/mol. The van der Waals surface area contributed by atoms with Crippen molar-refractivity contribution >= 4 is 17.2 Å². The summed E-state index contributed by atoms with van der Waals surface area (Å²) < 4.78 is 19.1. The lowest BCUT2D eigenvalue weighted by molar-refractivity contribution is -0.114. The van der Waals surface area contributed by atoms with Crippen LogP contribution in [0.1, 0.15) is 48.8 Å². The van der Waals surface area contributed by atoms with Gasteiger partial charge in [0.2, 0.25) is 0 Å². The molecule has 6 rings (SSSR count). The maximum Gasteiger partial charge on any atom is 0.274 e. The summed E-state index contributed by atoms with van der Waals surface area (Å²) in [5.41, 5.74) is 6.87. The van der Waals surface area contributed by atoms with Crippen molar-refractivity contribution in [2.75, 3.05) is 32.7 Å². The Kier molecular flexibility index (Phi) is 8.75. The molecule has 0 spiro atoms. The number of halogens is 1. The van der Waals surface area contributed by atoms with E-state index in [2.05, 4.69) is 46.0 Å². The molecule has 0 aromatic heterocycles. The maximum atomic E-state index is 13.6. The zero-order valence-corrected chi connectivity index (χ0v) is 23.9. The van der Waals surface area contributed by atoms with Crippen LogP contribution in [0, 0.1) is 5.82 Å². The molecule has 1 saturated heterocycles. The number of benzene rings is 2. The van der Waals surface area contributed by atoms with Crippen molar-refractivity contribution in [1.29, 1.82) is 0 Å². The largest absolute Gasteiger partial charge is 0.458 e. The first kappa shape index (κ1) is 27.9. The van der Waals surface area contributed by atoms with Crippen LogP contribution in [0.3, 0.4) is 0 Å². The third-order valence-electron chi connectivity index (χ3n) is 8.01. The van der Waals surface area contributed by atoms with E-state index < -0.39 is 0 Å². The van der Waals surface area contributed by atoms with Gasteiger partial charge in [0, 0.05) is 37.1 Å². The maximum absolute atomic E-state index is 13.6. The van der Waals surface area contributed by atoms with Crippen molar-refractivity contribution in [3.8, 4) is 5.75 Å². The van der Waals surface area contributed by atoms with Crippen molar-refractivity contribution < 1.29 is 13.9 Å². The summed E-state index contributed by atoms with van der Waals surface area (Å²) in [6.45, 7) is 4.67. The number of nitrogens with one attached hydrogen (secondary N) is 2. The van der Waals surface area contributed by atoms with Crippen LogP contribution in [0.4, 0.5) is 4.39 Å². The van der Waals surface area contributed by atoms with Gasteiger partial charge in [0.15, 0.2) is 0 Å². The van der Waals surface area contributed by atoms with Crippen molar-refractivity contribution in [2.24, 2.45) is 4.99 Å². The van der Waals surface area contributed by atoms with Crippen LogP contribution in [0.15, 0.2) is 101 Å². The molecule has 216 valence electrons. The van der Waals surface area contributed by atoms with Crippen LogP contribution in [-0.2, 0) is 11.2 Å². The minimum atomic E-state index is -0.309. The number of rotatable bonds is 7. The Bertz CT molecular complexity index is 1510. The number of amides is 1. The van der Waals surface area contributed by atoms with Gasteiger partial charge in [-0.25, -0.2) is 4.39 Å². The Morgan fingerprint density at radius 2 is 1.88 bits per heavy atom. The SMILES string of the molecule is O=C(NC1=CCC=C(Oc2ccc(F)cc2)C=C1)C1=NCCCc2ccc(C3=CC(CN4CCCCC4)=CNC3)cc21. The second-order valence-corrected chi connectivity index (χ2v) is 11.2. The fourth-order valence-corrected chi connectivity index (χ4v) is 5.82. The molecular formula is C35H37FN4O2. The van der Waals surface area contributed by atoms with Crippen molar-refractivity contribution in [2.45, 2.75) is 38.5 Å². The minimum Gasteiger partial charge on any atom is -0.458 e. The molecule has 0 radical (unpaired) electrons. The van der Waals surface area contributed by atoms with E-state index in [-0.39, 0.29) is 11.7 Å². The molecule has 2 N–H and O–H groups in total. The summed E-state index contributed by atoms with van der Waals surface area (Å²) >= 11 is 0. The average molecular weight is 565 g/mol. The molecule has 0 unspecified atom stereocenters. The molecule has 1 fully saturated rings. The van der Waals surface area contributed by atoms with E-state index in [0.717, 1.165) is 42.6 Å². The molecule has 6 nitrogen and oxygen atoms in total. The molecule has 3 aliphatic heterocycles. The summed E-state index contributed by atoms with van der Waals surface area (Å²) in [5.74, 6) is 0.663. The minimum absolute atomic E-state index is 0.212. The molecule has 0 atom stereocenters. The van der Waals surface area contributed by atoms with Crippen LogP contribution in [0.25, 0.3) is 5.57 Å². The fourth-order valence-electron chi connectivity index (χ4n) is 5.82. The number of dihydropyridines is 1. The summed E-state index contributed by atoms with van der Waals surface area (Å²) in [6.07, 6.45) is 18.2. The molecule has 2 aromatic carbocycles. The monoisotopic (exact) mass is 564 g/mol. The lowest BCUT2D eigenvalue weighted by Gasteiger charge is -2.28. The van der Waals surface area contributed by atoms with Crippen LogP contribution < -0.4 is 15.4 Å². The van der Waals surface area contributed by atoms with Gasteiger partial charge in [0.05, 0.1) is 0 Å². The van der Waals surface area contributed by atoms with Gasteiger partial charge in [0.25, 0.3) is 5.91 Å². The number of likely N-dealkylation sites (tertiary alicyclic amines) is 1. The number of allylic oxidation sites excluding steroid dienone is 4. The van der Waals surface area contributed by atoms with E-state index >= 15 is 0 Å². The van der Waals surface area contributed by atoms with Crippen molar-refractivity contribution in [1.82, 2.24) is 15.5 Å². The van der Waals surface area contributed by atoms with Gasteiger partial charge in [-0.1, -0.05) is 30.7 Å². The van der Waals surface area contributed by atoms with Gasteiger partial charge in [-0.3, -0.25) is 14.7 Å². The molecule has 3 heterocycles. The van der Waals surface area contributed by atoms with Crippen LogP contribution in [0.5, 0.6) is 5.75 Å². The van der Waals surface area contributed by atoms with Crippen LogP contribution >= 0.6 is 0 Å². The first-order valence-corrected chi connectivity index (χ1v) is 15.0. The van der Waals surface area contributed by atoms with Gasteiger partial charge in [0.1, 0.15) is 23.0 Å². The molecule has 0 bridgehead atoms. The number of carbonyl (C=O) groups excluding carboxylic acids is 1. The number of nitrogens with zero attached hydrogens (tertiary/aromatic N) is 2. The second-order valence-electron chi connectivity index (χ2n) is 11.2. The number of aliphatic imine (C=N–C) groups is 1. The van der Waals surface area contributed by atoms with Crippen LogP contribution in [-0.4, -0.2) is 49.2 Å². The fraction of sp³-hybridized carbons (Fsp3) is 0.314. The summed E-state index contributed by atoms with van der Waals surface area (Å²) in [7, 11) is 0. The van der Waals surface area contributed by atoms with E-state index in [1.807, 2.05) is 18.2 Å². The standard InChI is InChI=1S/C35H37FN4O2/c36-29-11-14-32(15-12-29)42-31-8-4-7-30(13-16-31)39-35(41)34-33-21-27(10-9-26(33)6-5-17-38-34)28-20-25(22-37-23-28)24-40-18-2-1-3-19-40/h7-16,20-22,37H,1-6,17-19,23-24H2,(H,39,41). The zero-order chi connectivity index (χ0) is 28.7. The normalized spacial score (nSPS) is 19.0. The molecule has 0 saturated carbocycles. The average Bonchev–Trinajstić information content (AvgIpc) is 3.37. The lowest BCUT2D eigenvalue weighted by atomic mass is 9.93. The number of aryl methyl sites for hydroxylation is 1. The highest BCUT2D eigenvalue weighted by Gasteiger charge is 2.22. The first-order valence-electron chi connectivity index (χ1n) is 15.0. The summed E-state index contributed by atoms with van der Waals surface area (Å²) in [5, 5.41) is 6.53. The molecule has 1 aliphatic carbocycles. The number of fused-ring (bicyclic) bond motifs is 1. The van der Waals surface area contributed by atoms with E-state index in [1.165, 1.54) is 55.6 Å². The number of hydrogen-bond acceptors (Lipinski definition) is 5. The van der Waals surface area contributed by atoms with Gasteiger partial charge >= 0.3 is 0 Å². The van der Waals surface area contributed by atoms with Gasteiger partial charge in [-0.05, 0) is 116 Å². The molecule has 1 amide bonds. The second kappa shape index (κ2) is 13.2. The highest BCUT2D eigenvalue weighted by Crippen LogP contribution is 2.26. The van der Waals surface area contributed by atoms with E-state index in [1.54, 1.807) is 18.2 Å². The molecule has 7 heteroatoms. The van der Waals surface area contributed by atoms with E-state index in [9.17, 15) is 9.18 Å². The quantitative estimate of drug-likeness (QED) is 0.444. The molecule has 42 heavy (non-hydrogen) atoms. The number of ether oxygens (including phenoxy) is 1. The smallest absolute Gasteiger partial charge is 0.274 e. The molecule has 4 aliphatic rings. The van der Waals surface area contributed by atoms with Gasteiger partial charge < -0.3 is 15.4 Å². The Morgan fingerprint density at radius 1 is 1.02 bits per heavy atom. The van der Waals surface area contributed by atoms with E-state index in [4.69, 9.17) is 9.73 Å². The zero-order valence-electron chi connectivity index (χ0n) is 23.9. The van der Waals surface area contributed by atoms with Gasteiger partial charge in [-0.15, -0.1) is 0 Å². The predicted octanol–water partition coefficient (Wildman–Crippen LogP) is 5.84. The first-order chi connectivity index (χ1) is 20.6. The van der Waals surface area contributed by atoms with Crippen molar-refractivity contribution in [3.05, 3.63) is 119 Å². The lowest BCUT2D eigenvalue weighted by Crippen LogP contribution is -2.32. The number of carbonyl (C=O) groups is 1. The van der Waals surface area contributed by atoms with E-state index in [0.29, 0.717) is 35.9 Å². The Hall–Kier alpha value is -4.23. The molecule has 2 aromatic rings. The van der Waals surface area contributed by atoms with Crippen LogP contribution in [0.2, 0.25) is 0 Å². The Labute approximate surface area is 247 Å². The molecular weight excluding hydrogens is 527 g/mol. The van der Waals surface area contributed by atoms with Crippen molar-refractivity contribution in [3.63, 3.8) is 0 Å². The summed E-state index contributed by atoms with van der Waals surface area (Å²) in [6, 6.07) is 12.4. The third kappa shape index (κ3) is 6.97. The third-order valence-corrected chi connectivity index (χ3v) is 8.01. The Balaban J connectivity index is 1.16. The van der Waals surface area contributed by atoms with Gasteiger partial charge in [-0.2, -0.15) is 0 Å². The summed E-state index contributed by atoms with van der Waals surface area (Å²) in [4.78, 5) is 20.9. The number of hydrogen-bond donors (Lipinski definition) is 2. The highest BCUT2D eigenvalue weighted by molar-refractivity contribution is 6.46. The highest BCUT2D eigenvalue weighted by atomic mass is 19.1. The topological polar surface area (TPSA) is 66.0 Å².